The number of nitrogens with one attached hydrogen (secondary N) is 1. The third-order valence-electron chi connectivity index (χ3n) is 7.31. The van der Waals surface area contributed by atoms with E-state index >= 15 is 0 Å². The molecule has 142 valence electrons. The maximum Gasteiger partial charge on any atom is 0.317 e. The van der Waals surface area contributed by atoms with E-state index in [4.69, 9.17) is 0 Å². The van der Waals surface area contributed by atoms with Crippen molar-refractivity contribution in [2.45, 2.75) is 75.9 Å². The molecule has 2 N–H and O–H groups in total. The van der Waals surface area contributed by atoms with Crippen LogP contribution < -0.4 is 5.32 Å². The molecule has 0 aromatic heterocycles. The monoisotopic (exact) mass is 349 g/mol. The number of likely N-dealkylation sites (tertiary alicyclic amines) is 2. The van der Waals surface area contributed by atoms with Crippen LogP contribution in [0.5, 0.6) is 0 Å². The molecule has 4 fully saturated rings. The number of nitrogens with zero attached hydrogens (tertiary/aromatic N) is 2. The first-order valence-corrected chi connectivity index (χ1v) is 10.6. The number of amides is 2. The normalized spacial score (nSPS) is 37.2. The fraction of sp³-hybridized carbons (Fsp3) is 0.950. The van der Waals surface area contributed by atoms with Gasteiger partial charge >= 0.3 is 6.03 Å². The average molecular weight is 350 g/mol. The van der Waals surface area contributed by atoms with Crippen LogP contribution in [0.1, 0.15) is 64.2 Å². The van der Waals surface area contributed by atoms with Gasteiger partial charge in [-0.05, 0) is 44.4 Å². The third-order valence-corrected chi connectivity index (χ3v) is 7.31. The summed E-state index contributed by atoms with van der Waals surface area (Å²) in [5.41, 5.74) is -0.500. The van der Waals surface area contributed by atoms with Crippen molar-refractivity contribution in [1.29, 1.82) is 0 Å². The lowest BCUT2D eigenvalue weighted by Gasteiger charge is -2.47. The molecule has 3 atom stereocenters. The van der Waals surface area contributed by atoms with Crippen molar-refractivity contribution >= 4 is 6.03 Å². The standard InChI is InChI=1S/C20H35N3O2/c24-19(23-12-10-20(25)9-4-3-7-17(20)14-23)21-18-8-11-22(15-18)13-16-5-1-2-6-16/h16-18,25H,1-15H2,(H,21,24). The molecule has 2 aliphatic heterocycles. The van der Waals surface area contributed by atoms with Crippen molar-refractivity contribution in [3.05, 3.63) is 0 Å². The lowest BCUT2D eigenvalue weighted by atomic mass is 9.71. The number of hydrogen-bond donors (Lipinski definition) is 2. The maximum atomic E-state index is 12.7. The van der Waals surface area contributed by atoms with Crippen molar-refractivity contribution in [3.8, 4) is 0 Å². The largest absolute Gasteiger partial charge is 0.389 e. The fourth-order valence-corrected chi connectivity index (χ4v) is 5.70. The van der Waals surface area contributed by atoms with E-state index in [2.05, 4.69) is 10.2 Å². The van der Waals surface area contributed by atoms with Crippen molar-refractivity contribution in [2.24, 2.45) is 11.8 Å². The van der Waals surface area contributed by atoms with Crippen molar-refractivity contribution in [1.82, 2.24) is 15.1 Å². The van der Waals surface area contributed by atoms with Gasteiger partial charge in [-0.2, -0.15) is 0 Å². The molecule has 2 saturated carbocycles. The van der Waals surface area contributed by atoms with Gasteiger partial charge in [0.25, 0.3) is 0 Å². The second kappa shape index (κ2) is 7.43. The fourth-order valence-electron chi connectivity index (χ4n) is 5.70. The van der Waals surface area contributed by atoms with Crippen LogP contribution in [-0.2, 0) is 0 Å². The molecule has 4 aliphatic rings. The smallest absolute Gasteiger partial charge is 0.317 e. The van der Waals surface area contributed by atoms with Gasteiger partial charge < -0.3 is 20.2 Å². The van der Waals surface area contributed by atoms with Gasteiger partial charge in [0.05, 0.1) is 5.60 Å². The molecule has 2 heterocycles. The second-order valence-corrected chi connectivity index (χ2v) is 9.09. The van der Waals surface area contributed by atoms with Crippen LogP contribution in [0, 0.1) is 11.8 Å². The Balaban J connectivity index is 1.24. The predicted octanol–water partition coefficient (Wildman–Crippen LogP) is 2.59. The van der Waals surface area contributed by atoms with Gasteiger partial charge in [0.1, 0.15) is 0 Å². The van der Waals surface area contributed by atoms with Gasteiger partial charge in [-0.25, -0.2) is 4.79 Å². The topological polar surface area (TPSA) is 55.8 Å². The van der Waals surface area contributed by atoms with Gasteiger partial charge in [0, 0.05) is 44.7 Å². The SMILES string of the molecule is O=C(NC1CCN(CC2CCCC2)C1)N1CCC2(O)CCCCC2C1. The molecule has 2 aliphatic carbocycles. The molecule has 0 aromatic rings. The van der Waals surface area contributed by atoms with Gasteiger partial charge in [0.15, 0.2) is 0 Å². The zero-order valence-corrected chi connectivity index (χ0v) is 15.6. The van der Waals surface area contributed by atoms with Crippen molar-refractivity contribution in [3.63, 3.8) is 0 Å². The number of urea groups is 1. The lowest BCUT2D eigenvalue weighted by molar-refractivity contribution is -0.0871. The number of piperidine rings is 1. The second-order valence-electron chi connectivity index (χ2n) is 9.09. The highest BCUT2D eigenvalue weighted by molar-refractivity contribution is 5.74. The van der Waals surface area contributed by atoms with Crippen LogP contribution in [-0.4, -0.2) is 65.3 Å². The van der Waals surface area contributed by atoms with Crippen LogP contribution in [0.2, 0.25) is 0 Å². The van der Waals surface area contributed by atoms with Crippen LogP contribution >= 0.6 is 0 Å². The molecular formula is C20H35N3O2. The quantitative estimate of drug-likeness (QED) is 0.823. The summed E-state index contributed by atoms with van der Waals surface area (Å²) < 4.78 is 0. The number of carbonyl (C=O) groups is 1. The van der Waals surface area contributed by atoms with E-state index in [0.717, 1.165) is 57.7 Å². The molecule has 5 heteroatoms. The molecule has 0 aromatic carbocycles. The summed E-state index contributed by atoms with van der Waals surface area (Å²) in [6, 6.07) is 0.404. The van der Waals surface area contributed by atoms with Crippen LogP contribution in [0.25, 0.3) is 0 Å². The summed E-state index contributed by atoms with van der Waals surface area (Å²) >= 11 is 0. The number of rotatable bonds is 3. The lowest BCUT2D eigenvalue weighted by Crippen LogP contribution is -2.57. The van der Waals surface area contributed by atoms with E-state index in [1.807, 2.05) is 4.90 Å². The number of carbonyl (C=O) groups excluding carboxylic acids is 1. The van der Waals surface area contributed by atoms with Crippen LogP contribution in [0.15, 0.2) is 0 Å². The van der Waals surface area contributed by atoms with E-state index in [1.165, 1.54) is 38.6 Å². The molecule has 2 amide bonds. The zero-order chi connectivity index (χ0) is 17.3. The highest BCUT2D eigenvalue weighted by Crippen LogP contribution is 2.39. The minimum absolute atomic E-state index is 0.0975. The molecule has 0 spiro atoms. The Hall–Kier alpha value is -0.810. The summed E-state index contributed by atoms with van der Waals surface area (Å²) in [6.07, 6.45) is 11.8. The first-order valence-electron chi connectivity index (χ1n) is 10.6. The molecule has 25 heavy (non-hydrogen) atoms. The van der Waals surface area contributed by atoms with Gasteiger partial charge in [-0.1, -0.05) is 25.7 Å². The number of hydrogen-bond acceptors (Lipinski definition) is 3. The Kier molecular flexibility index (Phi) is 5.23. The Labute approximate surface area is 152 Å². The summed E-state index contributed by atoms with van der Waals surface area (Å²) in [4.78, 5) is 17.2. The predicted molar refractivity (Wildman–Crippen MR) is 98.4 cm³/mol. The minimum atomic E-state index is -0.500. The molecule has 4 rings (SSSR count). The Morgan fingerprint density at radius 2 is 1.80 bits per heavy atom. The zero-order valence-electron chi connectivity index (χ0n) is 15.6. The first kappa shape index (κ1) is 17.6. The summed E-state index contributed by atoms with van der Waals surface area (Å²) in [5.74, 6) is 1.17. The van der Waals surface area contributed by atoms with Crippen LogP contribution in [0.3, 0.4) is 0 Å². The van der Waals surface area contributed by atoms with Crippen molar-refractivity contribution in [2.75, 3.05) is 32.7 Å². The van der Waals surface area contributed by atoms with E-state index in [0.29, 0.717) is 12.6 Å². The van der Waals surface area contributed by atoms with E-state index < -0.39 is 5.60 Å². The van der Waals surface area contributed by atoms with Gasteiger partial charge in [0.2, 0.25) is 0 Å². The van der Waals surface area contributed by atoms with Crippen molar-refractivity contribution < 1.29 is 9.90 Å². The van der Waals surface area contributed by atoms with Gasteiger partial charge in [-0.3, -0.25) is 0 Å². The van der Waals surface area contributed by atoms with E-state index in [1.54, 1.807) is 0 Å². The third kappa shape index (κ3) is 3.97. The Morgan fingerprint density at radius 1 is 1.00 bits per heavy atom. The summed E-state index contributed by atoms with van der Waals surface area (Å²) in [6.45, 7) is 4.82. The van der Waals surface area contributed by atoms with E-state index in [-0.39, 0.29) is 11.9 Å². The number of aliphatic hydroxyl groups is 1. The van der Waals surface area contributed by atoms with E-state index in [9.17, 15) is 9.90 Å². The highest BCUT2D eigenvalue weighted by atomic mass is 16.3. The molecular weight excluding hydrogens is 314 g/mol. The number of fused-ring (bicyclic) bond motifs is 1. The molecule has 2 saturated heterocycles. The van der Waals surface area contributed by atoms with Crippen LogP contribution in [0.4, 0.5) is 4.79 Å². The summed E-state index contributed by atoms with van der Waals surface area (Å²) in [5, 5.41) is 14.1. The first-order chi connectivity index (χ1) is 12.1. The minimum Gasteiger partial charge on any atom is -0.389 e. The average Bonchev–Trinajstić information content (AvgIpc) is 3.26. The molecule has 0 radical (unpaired) electrons. The van der Waals surface area contributed by atoms with Gasteiger partial charge in [-0.15, -0.1) is 0 Å². The maximum absolute atomic E-state index is 12.7. The Morgan fingerprint density at radius 3 is 2.64 bits per heavy atom. The molecule has 3 unspecified atom stereocenters. The Bertz CT molecular complexity index is 480. The molecule has 0 bridgehead atoms. The highest BCUT2D eigenvalue weighted by Gasteiger charge is 2.44. The molecule has 5 nitrogen and oxygen atoms in total. The summed E-state index contributed by atoms with van der Waals surface area (Å²) in [7, 11) is 0.